The SMILES string of the molecule is Clc1ncc(Br)c(-c2ccc3cccc-3o2)n1. The quantitative estimate of drug-likeness (QED) is 0.631. The molecule has 1 aliphatic carbocycles. The van der Waals surface area contributed by atoms with Crippen molar-refractivity contribution >= 4 is 27.5 Å². The van der Waals surface area contributed by atoms with Crippen LogP contribution in [0.3, 0.4) is 0 Å². The summed E-state index contributed by atoms with van der Waals surface area (Å²) in [6, 6.07) is 9.70. The summed E-state index contributed by atoms with van der Waals surface area (Å²) in [5, 5.41) is 0.195. The average Bonchev–Trinajstić information content (AvgIpc) is 2.79. The van der Waals surface area contributed by atoms with Crippen LogP contribution < -0.4 is 0 Å². The molecule has 5 heteroatoms. The number of rotatable bonds is 1. The van der Waals surface area contributed by atoms with Gasteiger partial charge in [-0.1, -0.05) is 12.1 Å². The van der Waals surface area contributed by atoms with Gasteiger partial charge in [0.1, 0.15) is 11.5 Å². The normalized spacial score (nSPS) is 10.9. The van der Waals surface area contributed by atoms with Crippen LogP contribution in [0.4, 0.5) is 0 Å². The largest absolute Gasteiger partial charge is 0.454 e. The van der Waals surface area contributed by atoms with Crippen LogP contribution in [0.1, 0.15) is 0 Å². The van der Waals surface area contributed by atoms with E-state index in [0.717, 1.165) is 15.8 Å². The van der Waals surface area contributed by atoms with Crippen molar-refractivity contribution in [1.82, 2.24) is 9.97 Å². The van der Waals surface area contributed by atoms with Crippen LogP contribution in [0.2, 0.25) is 5.28 Å². The Hall–Kier alpha value is -1.39. The van der Waals surface area contributed by atoms with Crippen LogP contribution in [0, 0.1) is 0 Å². The van der Waals surface area contributed by atoms with E-state index in [1.165, 1.54) is 0 Å². The molecule has 1 aliphatic heterocycles. The number of fused-ring (bicyclic) bond motifs is 1. The summed E-state index contributed by atoms with van der Waals surface area (Å²) in [6.45, 7) is 0. The Balaban J connectivity index is 2.21. The summed E-state index contributed by atoms with van der Waals surface area (Å²) < 4.78 is 6.49. The maximum atomic E-state index is 5.78. The van der Waals surface area contributed by atoms with Crippen LogP contribution in [0.5, 0.6) is 0 Å². The molecule has 0 N–H and O–H groups in total. The molecule has 1 aromatic heterocycles. The van der Waals surface area contributed by atoms with Gasteiger partial charge in [-0.05, 0) is 45.7 Å². The number of hydrogen-bond acceptors (Lipinski definition) is 3. The first kappa shape index (κ1) is 10.7. The first-order valence-corrected chi connectivity index (χ1v) is 6.08. The van der Waals surface area contributed by atoms with E-state index >= 15 is 0 Å². The van der Waals surface area contributed by atoms with Gasteiger partial charge in [-0.2, -0.15) is 0 Å². The van der Waals surface area contributed by atoms with E-state index < -0.39 is 0 Å². The molecule has 0 bridgehead atoms. The molecule has 2 aliphatic rings. The van der Waals surface area contributed by atoms with Crippen LogP contribution in [0.25, 0.3) is 22.8 Å². The molecule has 0 saturated carbocycles. The lowest BCUT2D eigenvalue weighted by molar-refractivity contribution is 0.580. The van der Waals surface area contributed by atoms with Crippen molar-refractivity contribution in [2.45, 2.75) is 0 Å². The van der Waals surface area contributed by atoms with Crippen molar-refractivity contribution in [3.63, 3.8) is 0 Å². The van der Waals surface area contributed by atoms with Gasteiger partial charge in [-0.25, -0.2) is 9.97 Å². The van der Waals surface area contributed by atoms with Gasteiger partial charge in [-0.15, -0.1) is 0 Å². The van der Waals surface area contributed by atoms with Crippen molar-refractivity contribution in [1.29, 1.82) is 0 Å². The third-order valence-electron chi connectivity index (χ3n) is 2.39. The molecule has 0 atom stereocenters. The number of hydrogen-bond donors (Lipinski definition) is 0. The summed E-state index contributed by atoms with van der Waals surface area (Å²) in [4.78, 5) is 8.03. The van der Waals surface area contributed by atoms with Crippen LogP contribution in [0.15, 0.2) is 45.4 Å². The van der Waals surface area contributed by atoms with E-state index in [9.17, 15) is 0 Å². The van der Waals surface area contributed by atoms with E-state index in [0.29, 0.717) is 11.5 Å². The standard InChI is InChI=1S/C12H6BrClN2O/c13-8-6-15-12(14)16-11(8)10-5-4-7-2-1-3-9(7)17-10/h1-6H. The van der Waals surface area contributed by atoms with Gasteiger partial charge in [0.15, 0.2) is 5.76 Å². The van der Waals surface area contributed by atoms with Gasteiger partial charge >= 0.3 is 0 Å². The summed E-state index contributed by atoms with van der Waals surface area (Å²) in [7, 11) is 0. The van der Waals surface area contributed by atoms with E-state index in [1.807, 2.05) is 30.3 Å². The van der Waals surface area contributed by atoms with Gasteiger partial charge in [-0.3, -0.25) is 0 Å². The minimum absolute atomic E-state index is 0.195. The molecule has 2 heterocycles. The first-order valence-electron chi connectivity index (χ1n) is 4.91. The highest BCUT2D eigenvalue weighted by Crippen LogP contribution is 2.32. The smallest absolute Gasteiger partial charge is 0.223 e. The Morgan fingerprint density at radius 1 is 1.12 bits per heavy atom. The molecule has 0 spiro atoms. The zero-order chi connectivity index (χ0) is 11.8. The lowest BCUT2D eigenvalue weighted by Crippen LogP contribution is -1.89. The molecule has 17 heavy (non-hydrogen) atoms. The second-order valence-corrected chi connectivity index (χ2v) is 4.67. The molecule has 0 radical (unpaired) electrons. The lowest BCUT2D eigenvalue weighted by Gasteiger charge is -2.05. The van der Waals surface area contributed by atoms with Crippen molar-refractivity contribution in [2.75, 3.05) is 0 Å². The van der Waals surface area contributed by atoms with Gasteiger partial charge in [0, 0.05) is 11.8 Å². The molecular weight excluding hydrogens is 304 g/mol. The third kappa shape index (κ3) is 1.94. The van der Waals surface area contributed by atoms with Crippen molar-refractivity contribution in [3.05, 3.63) is 46.3 Å². The maximum absolute atomic E-state index is 5.78. The highest BCUT2D eigenvalue weighted by Gasteiger charge is 2.12. The molecule has 3 nitrogen and oxygen atoms in total. The van der Waals surface area contributed by atoms with E-state index in [4.69, 9.17) is 16.0 Å². The molecular formula is C12H6BrClN2O. The second kappa shape index (κ2) is 4.13. The minimum Gasteiger partial charge on any atom is -0.454 e. The Morgan fingerprint density at radius 2 is 2.00 bits per heavy atom. The molecule has 0 saturated heterocycles. The van der Waals surface area contributed by atoms with E-state index in [-0.39, 0.29) is 5.28 Å². The predicted molar refractivity (Wildman–Crippen MR) is 69.1 cm³/mol. The summed E-state index contributed by atoms with van der Waals surface area (Å²) in [5.41, 5.74) is 1.71. The van der Waals surface area contributed by atoms with Gasteiger partial charge in [0.25, 0.3) is 0 Å². The average molecular weight is 310 g/mol. The topological polar surface area (TPSA) is 38.9 Å². The monoisotopic (exact) mass is 308 g/mol. The van der Waals surface area contributed by atoms with Gasteiger partial charge in [0.05, 0.1) is 4.47 Å². The zero-order valence-corrected chi connectivity index (χ0v) is 10.9. The van der Waals surface area contributed by atoms with Gasteiger partial charge in [0.2, 0.25) is 5.28 Å². The molecule has 0 amide bonds. The highest BCUT2D eigenvalue weighted by molar-refractivity contribution is 9.10. The van der Waals surface area contributed by atoms with Crippen LogP contribution in [-0.4, -0.2) is 9.97 Å². The third-order valence-corrected chi connectivity index (χ3v) is 3.15. The highest BCUT2D eigenvalue weighted by atomic mass is 79.9. The predicted octanol–water partition coefficient (Wildman–Crippen LogP) is 4.26. The summed E-state index contributed by atoms with van der Waals surface area (Å²) in [6.07, 6.45) is 1.61. The second-order valence-electron chi connectivity index (χ2n) is 3.48. The number of nitrogens with zero attached hydrogens (tertiary/aromatic N) is 2. The number of aromatic nitrogens is 2. The summed E-state index contributed by atoms with van der Waals surface area (Å²) >= 11 is 9.16. The molecule has 0 unspecified atom stereocenters. The molecule has 3 rings (SSSR count). The van der Waals surface area contributed by atoms with Crippen molar-refractivity contribution < 1.29 is 4.42 Å². The first-order chi connectivity index (χ1) is 8.24. The fourth-order valence-corrected chi connectivity index (χ4v) is 2.13. The van der Waals surface area contributed by atoms with Crippen molar-refractivity contribution in [2.24, 2.45) is 0 Å². The Kier molecular flexibility index (Phi) is 2.61. The van der Waals surface area contributed by atoms with Gasteiger partial charge < -0.3 is 4.42 Å². The lowest BCUT2D eigenvalue weighted by atomic mass is 10.2. The Morgan fingerprint density at radius 3 is 2.88 bits per heavy atom. The fraction of sp³-hybridized carbons (Fsp3) is 0. The van der Waals surface area contributed by atoms with Crippen molar-refractivity contribution in [3.8, 4) is 22.8 Å². The minimum atomic E-state index is 0.195. The number of halogens is 2. The summed E-state index contributed by atoms with van der Waals surface area (Å²) in [5.74, 6) is 1.48. The fourth-order valence-electron chi connectivity index (χ4n) is 1.61. The molecule has 0 fully saturated rings. The Bertz CT molecular complexity index is 653. The van der Waals surface area contributed by atoms with E-state index in [1.54, 1.807) is 6.20 Å². The van der Waals surface area contributed by atoms with E-state index in [2.05, 4.69) is 25.9 Å². The molecule has 84 valence electrons. The molecule has 0 aromatic carbocycles. The Labute approximate surface area is 111 Å². The maximum Gasteiger partial charge on any atom is 0.223 e. The van der Waals surface area contributed by atoms with Crippen LogP contribution >= 0.6 is 27.5 Å². The van der Waals surface area contributed by atoms with Crippen LogP contribution in [-0.2, 0) is 0 Å². The zero-order valence-electron chi connectivity index (χ0n) is 8.52. The molecule has 1 aromatic rings.